The average molecular weight is 369 g/mol. The average Bonchev–Trinajstić information content (AvgIpc) is 3.15. The number of nitrogens with zero attached hydrogens (tertiary/aromatic N) is 3. The molecular formula is C20H23N3O4. The van der Waals surface area contributed by atoms with E-state index >= 15 is 0 Å². The molecule has 0 radical (unpaired) electrons. The molecule has 27 heavy (non-hydrogen) atoms. The number of methoxy groups -OCH3 is 3. The summed E-state index contributed by atoms with van der Waals surface area (Å²) >= 11 is 0. The van der Waals surface area contributed by atoms with E-state index in [0.29, 0.717) is 34.7 Å². The third kappa shape index (κ3) is 4.00. The van der Waals surface area contributed by atoms with Gasteiger partial charge in [0.15, 0.2) is 11.5 Å². The Labute approximate surface area is 158 Å². The quantitative estimate of drug-likeness (QED) is 0.767. The van der Waals surface area contributed by atoms with Gasteiger partial charge in [-0.25, -0.2) is 0 Å². The number of hydrogen-bond acceptors (Lipinski definition) is 7. The van der Waals surface area contributed by atoms with Gasteiger partial charge in [0.2, 0.25) is 23.2 Å². The normalized spacial score (nSPS) is 14.2. The number of oxazole rings is 1. The summed E-state index contributed by atoms with van der Waals surface area (Å²) in [5, 5.41) is 9.37. The molecule has 3 rings (SSSR count). The van der Waals surface area contributed by atoms with E-state index in [1.165, 1.54) is 6.42 Å². The van der Waals surface area contributed by atoms with E-state index in [2.05, 4.69) is 16.0 Å². The number of piperidine rings is 1. The summed E-state index contributed by atoms with van der Waals surface area (Å²) in [7, 11) is 4.71. The topological polar surface area (TPSA) is 80.8 Å². The molecule has 0 atom stereocenters. The molecule has 0 bridgehead atoms. The first-order valence-electron chi connectivity index (χ1n) is 8.84. The zero-order chi connectivity index (χ0) is 19.2. The Kier molecular flexibility index (Phi) is 5.87. The molecule has 2 aromatic rings. The largest absolute Gasteiger partial charge is 0.493 e. The molecule has 0 aliphatic carbocycles. The Hall–Kier alpha value is -3.14. The van der Waals surface area contributed by atoms with Gasteiger partial charge in [0.05, 0.1) is 21.3 Å². The second-order valence-electron chi connectivity index (χ2n) is 6.16. The van der Waals surface area contributed by atoms with Crippen molar-refractivity contribution in [2.45, 2.75) is 19.3 Å². The van der Waals surface area contributed by atoms with Crippen molar-refractivity contribution < 1.29 is 18.6 Å². The molecule has 0 saturated carbocycles. The maximum atomic E-state index is 9.37. The second kappa shape index (κ2) is 8.49. The minimum Gasteiger partial charge on any atom is -0.493 e. The molecule has 142 valence electrons. The van der Waals surface area contributed by atoms with Crippen molar-refractivity contribution in [1.29, 1.82) is 5.26 Å². The summed E-state index contributed by atoms with van der Waals surface area (Å²) in [5.41, 5.74) is 1.15. The summed E-state index contributed by atoms with van der Waals surface area (Å²) in [4.78, 5) is 6.38. The maximum Gasteiger partial charge on any atom is 0.235 e. The Balaban J connectivity index is 1.88. The standard InChI is InChI=1S/C20H23N3O4/c1-24-16-11-14(12-17(25-2)19(16)26-3)7-8-18-22-15(13-21)20(27-18)23-9-5-4-6-10-23/h7-8,11-12H,4-6,9-10H2,1-3H3/b8-7+. The van der Waals surface area contributed by atoms with Gasteiger partial charge in [-0.05, 0) is 43.0 Å². The summed E-state index contributed by atoms with van der Waals surface area (Å²) in [6.45, 7) is 1.78. The molecule has 0 unspecified atom stereocenters. The Bertz CT molecular complexity index is 836. The van der Waals surface area contributed by atoms with Crippen LogP contribution in [0.4, 0.5) is 5.88 Å². The van der Waals surface area contributed by atoms with Crippen molar-refractivity contribution in [1.82, 2.24) is 4.98 Å². The van der Waals surface area contributed by atoms with E-state index in [1.54, 1.807) is 27.4 Å². The molecule has 1 aromatic carbocycles. The van der Waals surface area contributed by atoms with Crippen molar-refractivity contribution in [3.05, 3.63) is 29.3 Å². The summed E-state index contributed by atoms with van der Waals surface area (Å²) in [6.07, 6.45) is 6.97. The van der Waals surface area contributed by atoms with Crippen molar-refractivity contribution in [2.75, 3.05) is 39.3 Å². The summed E-state index contributed by atoms with van der Waals surface area (Å²) in [6, 6.07) is 5.79. The molecule has 7 nitrogen and oxygen atoms in total. The number of rotatable bonds is 6. The molecule has 1 aliphatic rings. The van der Waals surface area contributed by atoms with E-state index in [4.69, 9.17) is 18.6 Å². The fraction of sp³-hybridized carbons (Fsp3) is 0.400. The molecule has 0 spiro atoms. The first-order chi connectivity index (χ1) is 13.2. The lowest BCUT2D eigenvalue weighted by atomic mass is 10.1. The Morgan fingerprint density at radius 2 is 1.70 bits per heavy atom. The van der Waals surface area contributed by atoms with Crippen LogP contribution in [0, 0.1) is 11.3 Å². The van der Waals surface area contributed by atoms with Gasteiger partial charge in [0.1, 0.15) is 6.07 Å². The first kappa shape index (κ1) is 18.6. The van der Waals surface area contributed by atoms with Crippen molar-refractivity contribution in [2.24, 2.45) is 0 Å². The zero-order valence-electron chi connectivity index (χ0n) is 15.8. The second-order valence-corrected chi connectivity index (χ2v) is 6.16. The Morgan fingerprint density at radius 3 is 2.26 bits per heavy atom. The van der Waals surface area contributed by atoms with E-state index < -0.39 is 0 Å². The molecule has 7 heteroatoms. The van der Waals surface area contributed by atoms with Crippen LogP contribution in [-0.2, 0) is 0 Å². The van der Waals surface area contributed by atoms with E-state index in [1.807, 2.05) is 18.2 Å². The summed E-state index contributed by atoms with van der Waals surface area (Å²) in [5.74, 6) is 2.61. The minimum atomic E-state index is 0.321. The number of aromatic nitrogens is 1. The molecule has 2 heterocycles. The van der Waals surface area contributed by atoms with Gasteiger partial charge in [-0.2, -0.15) is 10.2 Å². The molecular weight excluding hydrogens is 346 g/mol. The lowest BCUT2D eigenvalue weighted by Crippen LogP contribution is -2.29. The molecule has 0 amide bonds. The Morgan fingerprint density at radius 1 is 1.04 bits per heavy atom. The minimum absolute atomic E-state index is 0.321. The first-order valence-corrected chi connectivity index (χ1v) is 8.84. The molecule has 1 aliphatic heterocycles. The van der Waals surface area contributed by atoms with Gasteiger partial charge in [-0.1, -0.05) is 0 Å². The van der Waals surface area contributed by atoms with Crippen LogP contribution in [0.1, 0.15) is 36.4 Å². The lowest BCUT2D eigenvalue weighted by Gasteiger charge is -2.25. The highest BCUT2D eigenvalue weighted by atomic mass is 16.5. The fourth-order valence-corrected chi connectivity index (χ4v) is 3.15. The van der Waals surface area contributed by atoms with Gasteiger partial charge in [0.25, 0.3) is 0 Å². The third-order valence-electron chi connectivity index (χ3n) is 4.48. The van der Waals surface area contributed by atoms with Crippen LogP contribution >= 0.6 is 0 Å². The van der Waals surface area contributed by atoms with E-state index in [-0.39, 0.29) is 0 Å². The van der Waals surface area contributed by atoms with Crippen LogP contribution in [-0.4, -0.2) is 39.4 Å². The van der Waals surface area contributed by atoms with Crippen molar-refractivity contribution >= 4 is 18.0 Å². The van der Waals surface area contributed by atoms with Gasteiger partial charge in [-0.15, -0.1) is 0 Å². The predicted molar refractivity (Wildman–Crippen MR) is 102 cm³/mol. The molecule has 0 N–H and O–H groups in total. The van der Waals surface area contributed by atoms with Gasteiger partial charge in [0, 0.05) is 19.2 Å². The lowest BCUT2D eigenvalue weighted by molar-refractivity contribution is 0.324. The molecule has 1 saturated heterocycles. The highest BCUT2D eigenvalue weighted by Crippen LogP contribution is 2.38. The maximum absolute atomic E-state index is 9.37. The summed E-state index contributed by atoms with van der Waals surface area (Å²) < 4.78 is 21.9. The zero-order valence-corrected chi connectivity index (χ0v) is 15.8. The van der Waals surface area contributed by atoms with E-state index in [9.17, 15) is 5.26 Å². The van der Waals surface area contributed by atoms with Crippen LogP contribution in [0.3, 0.4) is 0 Å². The molecule has 1 fully saturated rings. The number of benzene rings is 1. The molecule has 1 aromatic heterocycles. The van der Waals surface area contributed by atoms with Crippen LogP contribution in [0.15, 0.2) is 16.5 Å². The van der Waals surface area contributed by atoms with Crippen LogP contribution < -0.4 is 19.1 Å². The number of hydrogen-bond donors (Lipinski definition) is 0. The highest BCUT2D eigenvalue weighted by Gasteiger charge is 2.20. The SMILES string of the molecule is COc1cc(/C=C/c2nc(C#N)c(N3CCCCC3)o2)cc(OC)c1OC. The highest BCUT2D eigenvalue weighted by molar-refractivity contribution is 5.71. The van der Waals surface area contributed by atoms with Gasteiger partial charge < -0.3 is 23.5 Å². The monoisotopic (exact) mass is 369 g/mol. The smallest absolute Gasteiger partial charge is 0.235 e. The van der Waals surface area contributed by atoms with Crippen LogP contribution in [0.5, 0.6) is 17.2 Å². The van der Waals surface area contributed by atoms with Crippen molar-refractivity contribution in [3.8, 4) is 23.3 Å². The fourth-order valence-electron chi connectivity index (χ4n) is 3.15. The predicted octanol–water partition coefficient (Wildman–Crippen LogP) is 3.73. The van der Waals surface area contributed by atoms with Gasteiger partial charge >= 0.3 is 0 Å². The van der Waals surface area contributed by atoms with Crippen molar-refractivity contribution in [3.63, 3.8) is 0 Å². The third-order valence-corrected chi connectivity index (χ3v) is 4.48. The number of ether oxygens (including phenoxy) is 3. The van der Waals surface area contributed by atoms with Crippen LogP contribution in [0.2, 0.25) is 0 Å². The van der Waals surface area contributed by atoms with Crippen LogP contribution in [0.25, 0.3) is 12.2 Å². The number of nitriles is 1. The van der Waals surface area contributed by atoms with E-state index in [0.717, 1.165) is 31.5 Å². The number of anilines is 1. The van der Waals surface area contributed by atoms with Gasteiger partial charge in [-0.3, -0.25) is 0 Å².